The normalized spacial score (nSPS) is 12.9. The molecule has 0 saturated carbocycles. The highest BCUT2D eigenvalue weighted by Crippen LogP contribution is 2.29. The van der Waals surface area contributed by atoms with Gasteiger partial charge in [-0.1, -0.05) is 72.1 Å². The number of amides is 2. The standard InChI is InChI=1S/C30H35Cl2N3O4S/c1-6-22(4)33-30(37)23(5)34(18-25-26(31)11-9-12-27(25)32)29(36)19-35(28-13-8-7-10-21(28)3)40(38,39)24-16-14-20(2)15-17-24/h7-17,22-23H,6,18-19H2,1-5H3,(H,33,37)/t22-,23+/m0/s1. The topological polar surface area (TPSA) is 86.8 Å². The Morgan fingerprint density at radius 1 is 0.900 bits per heavy atom. The molecule has 0 aliphatic carbocycles. The van der Waals surface area contributed by atoms with Crippen molar-refractivity contribution >= 4 is 50.7 Å². The number of hydrogen-bond acceptors (Lipinski definition) is 4. The third kappa shape index (κ3) is 7.36. The fraction of sp³-hybridized carbons (Fsp3) is 0.333. The largest absolute Gasteiger partial charge is 0.352 e. The van der Waals surface area contributed by atoms with Crippen LogP contribution in [0.4, 0.5) is 5.69 Å². The van der Waals surface area contributed by atoms with Gasteiger partial charge in [-0.3, -0.25) is 13.9 Å². The van der Waals surface area contributed by atoms with E-state index in [1.54, 1.807) is 68.4 Å². The first-order valence-corrected chi connectivity index (χ1v) is 15.2. The van der Waals surface area contributed by atoms with E-state index in [0.29, 0.717) is 33.3 Å². The predicted molar refractivity (Wildman–Crippen MR) is 161 cm³/mol. The molecule has 0 aliphatic heterocycles. The van der Waals surface area contributed by atoms with Crippen molar-refractivity contribution in [1.82, 2.24) is 10.2 Å². The smallest absolute Gasteiger partial charge is 0.264 e. The number of carbonyl (C=O) groups is 2. The van der Waals surface area contributed by atoms with E-state index in [9.17, 15) is 18.0 Å². The monoisotopic (exact) mass is 603 g/mol. The van der Waals surface area contributed by atoms with Crippen LogP contribution in [0, 0.1) is 13.8 Å². The summed E-state index contributed by atoms with van der Waals surface area (Å²) in [5.74, 6) is -0.948. The van der Waals surface area contributed by atoms with Crippen LogP contribution in [0.1, 0.15) is 43.9 Å². The lowest BCUT2D eigenvalue weighted by Gasteiger charge is -2.33. The number of hydrogen-bond donors (Lipinski definition) is 1. The minimum atomic E-state index is -4.15. The molecule has 0 saturated heterocycles. The summed E-state index contributed by atoms with van der Waals surface area (Å²) in [6.07, 6.45) is 0.707. The summed E-state index contributed by atoms with van der Waals surface area (Å²) in [4.78, 5) is 28.6. The number of rotatable bonds is 11. The van der Waals surface area contributed by atoms with E-state index in [1.807, 2.05) is 20.8 Å². The molecule has 1 N–H and O–H groups in total. The van der Waals surface area contributed by atoms with Gasteiger partial charge in [0.2, 0.25) is 11.8 Å². The summed E-state index contributed by atoms with van der Waals surface area (Å²) in [7, 11) is -4.15. The molecule has 0 heterocycles. The molecule has 0 aromatic heterocycles. The number of halogens is 2. The molecule has 0 aliphatic rings. The van der Waals surface area contributed by atoms with Crippen LogP contribution in [-0.4, -0.2) is 43.8 Å². The van der Waals surface area contributed by atoms with Crippen molar-refractivity contribution in [3.8, 4) is 0 Å². The molecular weight excluding hydrogens is 569 g/mol. The van der Waals surface area contributed by atoms with Crippen LogP contribution < -0.4 is 9.62 Å². The minimum Gasteiger partial charge on any atom is -0.352 e. The number of aryl methyl sites for hydroxylation is 2. The molecule has 0 spiro atoms. The van der Waals surface area contributed by atoms with Crippen molar-refractivity contribution in [1.29, 1.82) is 0 Å². The molecule has 214 valence electrons. The van der Waals surface area contributed by atoms with E-state index >= 15 is 0 Å². The molecule has 10 heteroatoms. The van der Waals surface area contributed by atoms with Gasteiger partial charge in [0, 0.05) is 28.2 Å². The van der Waals surface area contributed by atoms with E-state index in [2.05, 4.69) is 5.32 Å². The van der Waals surface area contributed by atoms with Gasteiger partial charge in [0.05, 0.1) is 10.6 Å². The van der Waals surface area contributed by atoms with Crippen LogP contribution in [0.2, 0.25) is 10.0 Å². The minimum absolute atomic E-state index is 0.0532. The lowest BCUT2D eigenvalue weighted by atomic mass is 10.1. The number of nitrogens with one attached hydrogen (secondary N) is 1. The first kappa shape index (κ1) is 31.5. The van der Waals surface area contributed by atoms with Gasteiger partial charge in [-0.2, -0.15) is 0 Å². The first-order valence-electron chi connectivity index (χ1n) is 13.0. The summed E-state index contributed by atoms with van der Waals surface area (Å²) in [5, 5.41) is 3.58. The molecule has 3 aromatic carbocycles. The molecule has 2 atom stereocenters. The van der Waals surface area contributed by atoms with Crippen molar-refractivity contribution in [2.45, 2.75) is 64.6 Å². The van der Waals surface area contributed by atoms with E-state index in [1.165, 1.54) is 17.0 Å². The fourth-order valence-corrected chi connectivity index (χ4v) is 6.09. The highest BCUT2D eigenvalue weighted by atomic mass is 35.5. The number of nitrogens with zero attached hydrogens (tertiary/aromatic N) is 2. The average Bonchev–Trinajstić information content (AvgIpc) is 2.91. The van der Waals surface area contributed by atoms with Crippen LogP contribution in [0.5, 0.6) is 0 Å². The van der Waals surface area contributed by atoms with Crippen LogP contribution in [0.25, 0.3) is 0 Å². The number of anilines is 1. The molecule has 0 unspecified atom stereocenters. The highest BCUT2D eigenvalue weighted by molar-refractivity contribution is 7.92. The van der Waals surface area contributed by atoms with Gasteiger partial charge in [0.1, 0.15) is 12.6 Å². The van der Waals surface area contributed by atoms with E-state index in [-0.39, 0.29) is 23.4 Å². The Bertz CT molecular complexity index is 1440. The molecule has 3 aromatic rings. The van der Waals surface area contributed by atoms with Crippen LogP contribution in [0.3, 0.4) is 0 Å². The van der Waals surface area contributed by atoms with Crippen LogP contribution in [-0.2, 0) is 26.2 Å². The van der Waals surface area contributed by atoms with Gasteiger partial charge < -0.3 is 10.2 Å². The molecular formula is C30H35Cl2N3O4S. The summed E-state index contributed by atoms with van der Waals surface area (Å²) < 4.78 is 29.0. The second-order valence-corrected chi connectivity index (χ2v) is 12.5. The third-order valence-corrected chi connectivity index (χ3v) is 9.31. The van der Waals surface area contributed by atoms with Gasteiger partial charge in [-0.25, -0.2) is 8.42 Å². The highest BCUT2D eigenvalue weighted by Gasteiger charge is 2.33. The quantitative estimate of drug-likeness (QED) is 0.285. The Hall–Kier alpha value is -3.07. The fourth-order valence-electron chi connectivity index (χ4n) is 4.10. The molecule has 0 fully saturated rings. The second kappa shape index (κ2) is 13.5. The predicted octanol–water partition coefficient (Wildman–Crippen LogP) is 6.14. The van der Waals surface area contributed by atoms with Crippen molar-refractivity contribution in [3.63, 3.8) is 0 Å². The van der Waals surface area contributed by atoms with Crippen LogP contribution in [0.15, 0.2) is 71.6 Å². The maximum absolute atomic E-state index is 14.1. The Labute approximate surface area is 247 Å². The summed E-state index contributed by atoms with van der Waals surface area (Å²) in [5.41, 5.74) is 2.41. The first-order chi connectivity index (χ1) is 18.9. The number of benzene rings is 3. The molecule has 0 bridgehead atoms. The van der Waals surface area contributed by atoms with Crippen LogP contribution >= 0.6 is 23.2 Å². The van der Waals surface area contributed by atoms with Gasteiger partial charge >= 0.3 is 0 Å². The van der Waals surface area contributed by atoms with Gasteiger partial charge in [-0.05, 0) is 70.0 Å². The number of para-hydroxylation sites is 1. The maximum Gasteiger partial charge on any atom is 0.264 e. The Morgan fingerprint density at radius 3 is 2.08 bits per heavy atom. The molecule has 7 nitrogen and oxygen atoms in total. The van der Waals surface area contributed by atoms with Crippen molar-refractivity contribution in [2.75, 3.05) is 10.8 Å². The van der Waals surface area contributed by atoms with Gasteiger partial charge in [-0.15, -0.1) is 0 Å². The van der Waals surface area contributed by atoms with E-state index in [0.717, 1.165) is 9.87 Å². The van der Waals surface area contributed by atoms with Crippen molar-refractivity contribution in [3.05, 3.63) is 93.5 Å². The summed E-state index contributed by atoms with van der Waals surface area (Å²) >= 11 is 12.9. The lowest BCUT2D eigenvalue weighted by molar-refractivity contribution is -0.139. The Balaban J connectivity index is 2.08. The Morgan fingerprint density at radius 2 is 1.50 bits per heavy atom. The van der Waals surface area contributed by atoms with E-state index < -0.39 is 28.5 Å². The van der Waals surface area contributed by atoms with E-state index in [4.69, 9.17) is 23.2 Å². The number of sulfonamides is 1. The summed E-state index contributed by atoms with van der Waals surface area (Å²) in [6, 6.07) is 17.3. The number of carbonyl (C=O) groups excluding carboxylic acids is 2. The molecule has 0 radical (unpaired) electrons. The average molecular weight is 605 g/mol. The zero-order chi connectivity index (χ0) is 29.6. The lowest BCUT2D eigenvalue weighted by Crippen LogP contribution is -2.52. The molecule has 40 heavy (non-hydrogen) atoms. The maximum atomic E-state index is 14.1. The second-order valence-electron chi connectivity index (χ2n) is 9.83. The van der Waals surface area contributed by atoms with Gasteiger partial charge in [0.25, 0.3) is 10.0 Å². The zero-order valence-electron chi connectivity index (χ0n) is 23.3. The molecule has 3 rings (SSSR count). The van der Waals surface area contributed by atoms with Crippen molar-refractivity contribution < 1.29 is 18.0 Å². The van der Waals surface area contributed by atoms with Gasteiger partial charge in [0.15, 0.2) is 0 Å². The van der Waals surface area contributed by atoms with Crippen molar-refractivity contribution in [2.24, 2.45) is 0 Å². The molecule has 2 amide bonds. The zero-order valence-corrected chi connectivity index (χ0v) is 25.6. The third-order valence-electron chi connectivity index (χ3n) is 6.83. The Kier molecular flexibility index (Phi) is 10.6. The SMILES string of the molecule is CC[C@H](C)NC(=O)[C@@H](C)N(Cc1c(Cl)cccc1Cl)C(=O)CN(c1ccccc1C)S(=O)(=O)c1ccc(C)cc1. The summed E-state index contributed by atoms with van der Waals surface area (Å²) in [6.45, 7) is 8.44.